The summed E-state index contributed by atoms with van der Waals surface area (Å²) in [5, 5.41) is 0. The molecule has 1 saturated carbocycles. The predicted octanol–water partition coefficient (Wildman–Crippen LogP) is 2.73. The number of rotatable bonds is 6. The third-order valence-corrected chi connectivity index (χ3v) is 5.96. The molecule has 3 rings (SSSR count). The van der Waals surface area contributed by atoms with Crippen molar-refractivity contribution in [2.75, 3.05) is 40.3 Å². The number of piperazine rings is 1. The Bertz CT molecular complexity index is 632. The standard InChI is InChI=1S/C21H32FN3O/c1-16-14-24(15-17(2)25(16)13-7-12-23(3)4)20(26)21(10-11-21)18-8-5-6-9-19(18)22/h5-6,8-9,16-17H,7,10-15H2,1-4H3. The molecule has 1 aromatic rings. The van der Waals surface area contributed by atoms with Crippen molar-refractivity contribution in [1.29, 1.82) is 0 Å². The Kier molecular flexibility index (Phi) is 5.68. The maximum atomic E-state index is 14.3. The maximum Gasteiger partial charge on any atom is 0.233 e. The molecule has 1 aromatic carbocycles. The first-order chi connectivity index (χ1) is 12.3. The second-order valence-corrected chi connectivity index (χ2v) is 8.36. The quantitative estimate of drug-likeness (QED) is 0.780. The second-order valence-electron chi connectivity index (χ2n) is 8.36. The van der Waals surface area contributed by atoms with Crippen molar-refractivity contribution in [3.05, 3.63) is 35.6 Å². The van der Waals surface area contributed by atoms with Gasteiger partial charge in [0.2, 0.25) is 5.91 Å². The summed E-state index contributed by atoms with van der Waals surface area (Å²) in [6.07, 6.45) is 2.66. The monoisotopic (exact) mass is 361 g/mol. The number of benzene rings is 1. The Morgan fingerprint density at radius 1 is 1.19 bits per heavy atom. The van der Waals surface area contributed by atoms with Crippen LogP contribution in [0.3, 0.4) is 0 Å². The van der Waals surface area contributed by atoms with Gasteiger partial charge in [0.15, 0.2) is 0 Å². The molecule has 1 amide bonds. The zero-order valence-corrected chi connectivity index (χ0v) is 16.5. The minimum Gasteiger partial charge on any atom is -0.339 e. The van der Waals surface area contributed by atoms with Gasteiger partial charge in [-0.1, -0.05) is 18.2 Å². The van der Waals surface area contributed by atoms with E-state index in [1.165, 1.54) is 6.07 Å². The van der Waals surface area contributed by atoms with Crippen LogP contribution in [0.5, 0.6) is 0 Å². The van der Waals surface area contributed by atoms with Crippen LogP contribution in [-0.4, -0.2) is 73.0 Å². The van der Waals surface area contributed by atoms with E-state index < -0.39 is 5.41 Å². The third kappa shape index (κ3) is 3.79. The van der Waals surface area contributed by atoms with Gasteiger partial charge < -0.3 is 9.80 Å². The Hall–Kier alpha value is -1.46. The number of carbonyl (C=O) groups excluding carboxylic acids is 1. The van der Waals surface area contributed by atoms with Gasteiger partial charge in [-0.2, -0.15) is 0 Å². The molecule has 2 atom stereocenters. The summed E-state index contributed by atoms with van der Waals surface area (Å²) in [7, 11) is 4.20. The van der Waals surface area contributed by atoms with Crippen LogP contribution in [0.15, 0.2) is 24.3 Å². The summed E-state index contributed by atoms with van der Waals surface area (Å²) < 4.78 is 14.3. The number of hydrogen-bond acceptors (Lipinski definition) is 3. The van der Waals surface area contributed by atoms with E-state index >= 15 is 0 Å². The highest BCUT2D eigenvalue weighted by Crippen LogP contribution is 2.50. The molecule has 0 aromatic heterocycles. The van der Waals surface area contributed by atoms with Gasteiger partial charge in [-0.05, 0) is 59.8 Å². The minimum atomic E-state index is -0.613. The molecule has 0 radical (unpaired) electrons. The molecule has 0 bridgehead atoms. The van der Waals surface area contributed by atoms with E-state index in [1.807, 2.05) is 11.0 Å². The van der Waals surface area contributed by atoms with Crippen LogP contribution in [-0.2, 0) is 10.2 Å². The lowest BCUT2D eigenvalue weighted by molar-refractivity contribution is -0.138. The van der Waals surface area contributed by atoms with Gasteiger partial charge in [0, 0.05) is 37.3 Å². The molecular formula is C21H32FN3O. The van der Waals surface area contributed by atoms with Gasteiger partial charge in [0.25, 0.3) is 0 Å². The summed E-state index contributed by atoms with van der Waals surface area (Å²) in [5.74, 6) is -0.129. The van der Waals surface area contributed by atoms with E-state index in [0.29, 0.717) is 17.6 Å². The number of carbonyl (C=O) groups is 1. The molecule has 144 valence electrons. The molecule has 1 aliphatic heterocycles. The lowest BCUT2D eigenvalue weighted by Crippen LogP contribution is -2.59. The Balaban J connectivity index is 1.66. The van der Waals surface area contributed by atoms with E-state index in [9.17, 15) is 9.18 Å². The van der Waals surface area contributed by atoms with E-state index in [-0.39, 0.29) is 11.7 Å². The first-order valence-electron chi connectivity index (χ1n) is 9.80. The fraction of sp³-hybridized carbons (Fsp3) is 0.667. The van der Waals surface area contributed by atoms with Crippen molar-refractivity contribution in [2.24, 2.45) is 0 Å². The molecule has 0 spiro atoms. The van der Waals surface area contributed by atoms with Gasteiger partial charge >= 0.3 is 0 Å². The second kappa shape index (κ2) is 7.65. The lowest BCUT2D eigenvalue weighted by atomic mass is 9.92. The summed E-state index contributed by atoms with van der Waals surface area (Å²) in [6, 6.07) is 7.44. The smallest absolute Gasteiger partial charge is 0.233 e. The highest BCUT2D eigenvalue weighted by Gasteiger charge is 2.55. The summed E-state index contributed by atoms with van der Waals surface area (Å²) in [5.41, 5.74) is -0.0311. The summed E-state index contributed by atoms with van der Waals surface area (Å²) in [4.78, 5) is 20.0. The summed E-state index contributed by atoms with van der Waals surface area (Å²) >= 11 is 0. The average Bonchev–Trinajstić information content (AvgIpc) is 3.38. The van der Waals surface area contributed by atoms with Crippen LogP contribution in [0.1, 0.15) is 38.7 Å². The van der Waals surface area contributed by atoms with Crippen LogP contribution in [0.4, 0.5) is 4.39 Å². The first kappa shape index (κ1) is 19.3. The van der Waals surface area contributed by atoms with Gasteiger partial charge in [0.05, 0.1) is 5.41 Å². The number of amides is 1. The molecule has 0 N–H and O–H groups in total. The van der Waals surface area contributed by atoms with Crippen molar-refractivity contribution >= 4 is 5.91 Å². The zero-order valence-electron chi connectivity index (χ0n) is 16.5. The predicted molar refractivity (Wildman–Crippen MR) is 103 cm³/mol. The molecule has 2 unspecified atom stereocenters. The highest BCUT2D eigenvalue weighted by molar-refractivity contribution is 5.91. The molecule has 1 heterocycles. The molecule has 26 heavy (non-hydrogen) atoms. The fourth-order valence-electron chi connectivity index (χ4n) is 4.41. The Labute approximate surface area is 157 Å². The van der Waals surface area contributed by atoms with Crippen LogP contribution < -0.4 is 0 Å². The number of nitrogens with zero attached hydrogens (tertiary/aromatic N) is 3. The molecule has 2 fully saturated rings. The molecule has 4 nitrogen and oxygen atoms in total. The van der Waals surface area contributed by atoms with E-state index in [2.05, 4.69) is 37.7 Å². The number of halogens is 1. The SMILES string of the molecule is CC1CN(C(=O)C2(c3ccccc3F)CC2)CC(C)N1CCCN(C)C. The van der Waals surface area contributed by atoms with E-state index in [4.69, 9.17) is 0 Å². The zero-order chi connectivity index (χ0) is 18.9. The number of hydrogen-bond donors (Lipinski definition) is 0. The van der Waals surface area contributed by atoms with Gasteiger partial charge in [-0.15, -0.1) is 0 Å². The third-order valence-electron chi connectivity index (χ3n) is 5.96. The lowest BCUT2D eigenvalue weighted by Gasteiger charge is -2.45. The van der Waals surface area contributed by atoms with Gasteiger partial charge in [-0.3, -0.25) is 9.69 Å². The van der Waals surface area contributed by atoms with Crippen molar-refractivity contribution in [1.82, 2.24) is 14.7 Å². The van der Waals surface area contributed by atoms with Crippen LogP contribution >= 0.6 is 0 Å². The van der Waals surface area contributed by atoms with Gasteiger partial charge in [0.1, 0.15) is 5.82 Å². The van der Waals surface area contributed by atoms with Gasteiger partial charge in [-0.25, -0.2) is 4.39 Å². The van der Waals surface area contributed by atoms with Crippen molar-refractivity contribution < 1.29 is 9.18 Å². The highest BCUT2D eigenvalue weighted by atomic mass is 19.1. The Morgan fingerprint density at radius 2 is 1.81 bits per heavy atom. The molecule has 5 heteroatoms. The Morgan fingerprint density at radius 3 is 2.35 bits per heavy atom. The van der Waals surface area contributed by atoms with Crippen molar-refractivity contribution in [3.63, 3.8) is 0 Å². The maximum absolute atomic E-state index is 14.3. The van der Waals surface area contributed by atoms with E-state index in [0.717, 1.165) is 45.4 Å². The van der Waals surface area contributed by atoms with Crippen LogP contribution in [0.25, 0.3) is 0 Å². The summed E-state index contributed by atoms with van der Waals surface area (Å²) in [6.45, 7) is 8.02. The molecule has 2 aliphatic rings. The van der Waals surface area contributed by atoms with Crippen molar-refractivity contribution in [2.45, 2.75) is 50.6 Å². The van der Waals surface area contributed by atoms with Crippen LogP contribution in [0.2, 0.25) is 0 Å². The normalized spacial score (nSPS) is 25.5. The minimum absolute atomic E-state index is 0.120. The van der Waals surface area contributed by atoms with Crippen molar-refractivity contribution in [3.8, 4) is 0 Å². The molecule has 1 aliphatic carbocycles. The fourth-order valence-corrected chi connectivity index (χ4v) is 4.41. The molecule has 1 saturated heterocycles. The molecular weight excluding hydrogens is 329 g/mol. The van der Waals surface area contributed by atoms with E-state index in [1.54, 1.807) is 12.1 Å². The average molecular weight is 362 g/mol. The first-order valence-corrected chi connectivity index (χ1v) is 9.80. The largest absolute Gasteiger partial charge is 0.339 e. The topological polar surface area (TPSA) is 26.8 Å². The van der Waals surface area contributed by atoms with Crippen LogP contribution in [0, 0.1) is 5.82 Å².